The van der Waals surface area contributed by atoms with Crippen molar-refractivity contribution in [3.63, 3.8) is 0 Å². The van der Waals surface area contributed by atoms with Crippen molar-refractivity contribution in [2.45, 2.75) is 78.7 Å². The van der Waals surface area contributed by atoms with Gasteiger partial charge in [0.25, 0.3) is 0 Å². The average Bonchev–Trinajstić information content (AvgIpc) is 3.82. The number of hydrogen-bond acceptors (Lipinski definition) is 12. The molecule has 6 heterocycles. The molecule has 0 aliphatic carbocycles. The Morgan fingerprint density at radius 2 is 0.650 bits per heavy atom. The van der Waals surface area contributed by atoms with Crippen LogP contribution in [-0.2, 0) is 65.0 Å². The quantitative estimate of drug-likeness (QED) is 0.0851. The molecule has 6 aromatic heterocycles. The summed E-state index contributed by atoms with van der Waals surface area (Å²) < 4.78 is 126. The predicted molar refractivity (Wildman–Crippen MR) is 194 cm³/mol. The van der Waals surface area contributed by atoms with E-state index in [1.165, 1.54) is 0 Å². The summed E-state index contributed by atoms with van der Waals surface area (Å²) in [4.78, 5) is 8.22. The molecule has 0 aromatic carbocycles. The third-order valence-corrected chi connectivity index (χ3v) is 8.81. The van der Waals surface area contributed by atoms with Gasteiger partial charge in [-0.3, -0.25) is 9.97 Å². The van der Waals surface area contributed by atoms with Gasteiger partial charge in [-0.25, -0.2) is 35.6 Å². The Morgan fingerprint density at radius 1 is 0.467 bits per heavy atom. The maximum Gasteiger partial charge on any atom is 1.00 e. The van der Waals surface area contributed by atoms with Crippen LogP contribution < -0.4 is 0 Å². The van der Waals surface area contributed by atoms with E-state index in [-0.39, 0.29) is 57.1 Å². The van der Waals surface area contributed by atoms with Gasteiger partial charge in [-0.15, -0.1) is 0 Å². The minimum atomic E-state index is -6.09. The van der Waals surface area contributed by atoms with Crippen LogP contribution in [0.4, 0.5) is 26.3 Å². The first-order valence-electron chi connectivity index (χ1n) is 16.6. The van der Waals surface area contributed by atoms with Gasteiger partial charge in [0.05, 0.1) is 22.8 Å². The number of pyridine rings is 2. The van der Waals surface area contributed by atoms with E-state index >= 15 is 0 Å². The Morgan fingerprint density at radius 3 is 0.783 bits per heavy atom. The summed E-state index contributed by atoms with van der Waals surface area (Å²) in [7, 11) is -12.2. The van der Waals surface area contributed by atoms with Gasteiger partial charge in [0.1, 0.15) is 0 Å². The normalized spacial score (nSPS) is 11.6. The van der Waals surface area contributed by atoms with Crippen molar-refractivity contribution in [3.8, 4) is 0 Å². The Hall–Kier alpha value is -3.98. The molecule has 0 fully saturated rings. The van der Waals surface area contributed by atoms with Crippen molar-refractivity contribution >= 4 is 20.2 Å². The number of aromatic nitrogens is 10. The van der Waals surface area contributed by atoms with Crippen molar-refractivity contribution in [3.05, 3.63) is 130 Å². The summed E-state index contributed by atoms with van der Waals surface area (Å²) in [5.41, 5.74) is -0.584. The van der Waals surface area contributed by atoms with Gasteiger partial charge >= 0.3 is 55.8 Å². The van der Waals surface area contributed by atoms with Crippen LogP contribution in [0.2, 0.25) is 0 Å². The second kappa shape index (κ2) is 21.7. The summed E-state index contributed by atoms with van der Waals surface area (Å²) >= 11 is 0. The van der Waals surface area contributed by atoms with Gasteiger partial charge < -0.3 is 9.11 Å². The monoisotopic (exact) mass is 1070 g/mol. The molecule has 0 bridgehead atoms. The molecule has 0 radical (unpaired) electrons. The number of hydrogen-bond donors (Lipinski definition) is 0. The third kappa shape index (κ3) is 14.6. The van der Waals surface area contributed by atoms with E-state index in [2.05, 4.69) is 82.3 Å². The Balaban J connectivity index is 0.000000435. The summed E-state index contributed by atoms with van der Waals surface area (Å²) in [5.74, 6) is 0. The average molecular weight is 1080 g/mol. The first-order valence-corrected chi connectivity index (χ1v) is 19.4. The van der Waals surface area contributed by atoms with E-state index < -0.39 is 31.3 Å². The number of alkyl halides is 6. The fourth-order valence-corrected chi connectivity index (χ4v) is 5.42. The van der Waals surface area contributed by atoms with Crippen molar-refractivity contribution in [1.82, 2.24) is 49.1 Å². The molecule has 60 heavy (non-hydrogen) atoms. The molecule has 0 N–H and O–H groups in total. The van der Waals surface area contributed by atoms with Gasteiger partial charge in [-0.1, -0.05) is 0 Å². The minimum absolute atomic E-state index is 0. The topological polar surface area (TPSA) is 211 Å². The zero-order chi connectivity index (χ0) is 44.0. The molecule has 336 valence electrons. The second-order valence-corrected chi connectivity index (χ2v) is 15.3. The molecular weight excluding hydrogens is 1040 g/mol. The molecule has 0 aliphatic heterocycles. The number of nitrogens with zero attached hydrogens (tertiary/aromatic N) is 10. The summed E-state index contributed by atoms with van der Waals surface area (Å²) in [6.45, 7) is 16.3. The molecule has 26 heteroatoms. The number of aryl methyl sites for hydroxylation is 8. The van der Waals surface area contributed by atoms with Crippen LogP contribution >= 0.6 is 0 Å². The van der Waals surface area contributed by atoms with E-state index in [4.69, 9.17) is 25.9 Å². The smallest absolute Gasteiger partial charge is 0.741 e. The Kier molecular flexibility index (Phi) is 19.5. The predicted octanol–water partition coefficient (Wildman–Crippen LogP) is 5.70. The molecule has 0 saturated heterocycles. The zero-order valence-electron chi connectivity index (χ0n) is 32.7. The molecular formula is C34H38Ag2F6N10O6S2. The summed E-state index contributed by atoms with van der Waals surface area (Å²) in [5, 5.41) is 18.6. The molecule has 0 saturated carbocycles. The van der Waals surface area contributed by atoms with Crippen LogP contribution in [0.25, 0.3) is 0 Å². The van der Waals surface area contributed by atoms with Crippen LogP contribution in [0.3, 0.4) is 0 Å². The van der Waals surface area contributed by atoms with Crippen LogP contribution in [0.15, 0.2) is 73.3 Å². The van der Waals surface area contributed by atoms with Gasteiger partial charge in [-0.2, -0.15) is 46.7 Å². The largest absolute Gasteiger partial charge is 1.00 e. The fraction of sp³-hybridized carbons (Fsp3) is 0.353. The molecule has 0 atom stereocenters. The Labute approximate surface area is 372 Å². The van der Waals surface area contributed by atoms with Crippen molar-refractivity contribution in [1.29, 1.82) is 0 Å². The molecule has 0 unspecified atom stereocenters. The van der Waals surface area contributed by atoms with Gasteiger partial charge in [0.2, 0.25) is 0 Å². The molecule has 6 aromatic rings. The SMILES string of the molecule is Cc1cc(C)n(C(c2ccncc2)n2nc(C)cc2C)n1.Cc1cc(C)n(C(c2ccncc2)n2nc(C)cc2C)n1.O=S(=O)([O-])C(F)(F)F.O=S(=O)([O-])C(F)(F)F.[Ag+].[Ag+]. The van der Waals surface area contributed by atoms with Gasteiger partial charge in [-0.05, 0) is 104 Å². The van der Waals surface area contributed by atoms with Crippen LogP contribution in [0.5, 0.6) is 0 Å². The first kappa shape index (κ1) is 54.0. The molecule has 0 spiro atoms. The van der Waals surface area contributed by atoms with E-state index in [1.54, 1.807) is 24.8 Å². The van der Waals surface area contributed by atoms with E-state index in [0.29, 0.717) is 0 Å². The van der Waals surface area contributed by atoms with Crippen LogP contribution in [0.1, 0.15) is 69.0 Å². The molecule has 0 amide bonds. The maximum absolute atomic E-state index is 10.7. The van der Waals surface area contributed by atoms with E-state index in [0.717, 1.165) is 56.7 Å². The maximum atomic E-state index is 10.7. The zero-order valence-corrected chi connectivity index (χ0v) is 37.3. The molecule has 6 rings (SSSR count). The number of rotatable bonds is 6. The van der Waals surface area contributed by atoms with Gasteiger partial charge in [0.15, 0.2) is 32.6 Å². The van der Waals surface area contributed by atoms with E-state index in [9.17, 15) is 26.3 Å². The number of halogens is 6. The van der Waals surface area contributed by atoms with Gasteiger partial charge in [0, 0.05) is 58.7 Å². The van der Waals surface area contributed by atoms with Crippen LogP contribution in [0, 0.1) is 55.4 Å². The standard InChI is InChI=1S/2C16H19N5.2CHF3O3S.2Ag/c2*1-11-9-13(3)20(18-11)16(15-5-7-17-8-6-15)21-14(4)10-12(2)19-21;2*2-1(3,4)8(5,6)7;;/h2*5-10,16H,1-4H3;2*(H,5,6,7);;/q;;;;2*+1/p-2. The van der Waals surface area contributed by atoms with Crippen molar-refractivity contribution < 1.29 is 97.0 Å². The molecule has 16 nitrogen and oxygen atoms in total. The third-order valence-electron chi connectivity index (χ3n) is 7.68. The summed E-state index contributed by atoms with van der Waals surface area (Å²) in [6, 6.07) is 16.4. The summed E-state index contributed by atoms with van der Waals surface area (Å²) in [6.07, 6.45) is 7.05. The van der Waals surface area contributed by atoms with Crippen LogP contribution in [-0.4, -0.2) is 86.0 Å². The fourth-order valence-electron chi connectivity index (χ4n) is 5.42. The second-order valence-electron chi connectivity index (χ2n) is 12.6. The van der Waals surface area contributed by atoms with Crippen molar-refractivity contribution in [2.24, 2.45) is 0 Å². The first-order chi connectivity index (χ1) is 26.6. The van der Waals surface area contributed by atoms with Crippen molar-refractivity contribution in [2.75, 3.05) is 0 Å². The molecule has 0 aliphatic rings. The Bertz CT molecular complexity index is 2250. The minimum Gasteiger partial charge on any atom is -0.741 e. The van der Waals surface area contributed by atoms with E-state index in [1.807, 2.05) is 70.7 Å².